The zero-order chi connectivity index (χ0) is 9.73. The third-order valence-corrected chi connectivity index (χ3v) is 5.15. The highest BCUT2D eigenvalue weighted by Crippen LogP contribution is 2.23. The highest BCUT2D eigenvalue weighted by atomic mass is 28.4. The zero-order valence-corrected chi connectivity index (χ0v) is 9.48. The number of rotatable bonds is 3. The van der Waals surface area contributed by atoms with Gasteiger partial charge in [0.05, 0.1) is 0 Å². The summed E-state index contributed by atoms with van der Waals surface area (Å²) >= 11 is 0. The van der Waals surface area contributed by atoms with E-state index in [0.717, 1.165) is 0 Å². The van der Waals surface area contributed by atoms with Crippen LogP contribution in [0.1, 0.15) is 12.8 Å². The van der Waals surface area contributed by atoms with Crippen molar-refractivity contribution in [3.8, 4) is 0 Å². The second-order valence-electron chi connectivity index (χ2n) is 2.31. The van der Waals surface area contributed by atoms with Gasteiger partial charge in [-0.2, -0.15) is 13.2 Å². The maximum atomic E-state index is 11.7. The van der Waals surface area contributed by atoms with Gasteiger partial charge in [-0.05, 0) is 12.5 Å². The third-order valence-electron chi connectivity index (χ3n) is 1.24. The third kappa shape index (κ3) is 5.59. The van der Waals surface area contributed by atoms with Gasteiger partial charge >= 0.3 is 35.5 Å². The lowest BCUT2D eigenvalue weighted by Gasteiger charge is -2.18. The molecule has 1 saturated heterocycles. The number of halogens is 3. The van der Waals surface area contributed by atoms with Crippen LogP contribution in [0.2, 0.25) is 6.04 Å². The summed E-state index contributed by atoms with van der Waals surface area (Å²) in [6.07, 6.45) is -4.76. The largest absolute Gasteiger partial charge is 0.413 e. The molecule has 0 aromatic heterocycles. The molecule has 0 N–H and O–H groups in total. The Morgan fingerprint density at radius 2 is 1.77 bits per heavy atom. The van der Waals surface area contributed by atoms with Crippen molar-refractivity contribution in [1.82, 2.24) is 0 Å². The summed E-state index contributed by atoms with van der Waals surface area (Å²) in [5.74, 6) is 0. The first kappa shape index (κ1) is 11.4. The van der Waals surface area contributed by atoms with Gasteiger partial charge in [0, 0.05) is 6.42 Å². The summed E-state index contributed by atoms with van der Waals surface area (Å²) in [5.41, 5.74) is 0. The van der Waals surface area contributed by atoms with E-state index in [1.54, 1.807) is 0 Å². The molecule has 1 aliphatic rings. The summed E-state index contributed by atoms with van der Waals surface area (Å²) in [6, 6.07) is 0.369. The lowest BCUT2D eigenvalue weighted by atomic mass is 10.3. The van der Waals surface area contributed by atoms with Crippen molar-refractivity contribution in [3.63, 3.8) is 0 Å². The van der Waals surface area contributed by atoms with Crippen molar-refractivity contribution in [3.05, 3.63) is 0 Å². The van der Waals surface area contributed by atoms with Crippen molar-refractivity contribution >= 4 is 29.3 Å². The Balaban J connectivity index is 2.04. The van der Waals surface area contributed by atoms with E-state index in [4.69, 9.17) is 12.3 Å². The van der Waals surface area contributed by atoms with Crippen LogP contribution in [0.25, 0.3) is 0 Å². The maximum absolute atomic E-state index is 11.7. The predicted molar refractivity (Wildman–Crippen MR) is 40.6 cm³/mol. The summed E-state index contributed by atoms with van der Waals surface area (Å²) in [4.78, 5) is 0. The van der Waals surface area contributed by atoms with Crippen molar-refractivity contribution in [2.24, 2.45) is 0 Å². The standard InChI is InChI=1S/C4H6F3O3Si3/c5-4(6,7)2-1-3-13-9-11-8-12-10-13/h1-3H2. The molecular weight excluding hydrogens is 237 g/mol. The minimum atomic E-state index is -4.07. The van der Waals surface area contributed by atoms with E-state index in [-0.39, 0.29) is 26.4 Å². The zero-order valence-electron chi connectivity index (χ0n) is 6.48. The SMILES string of the molecule is FC(F)(F)CCC[Si]1O[Si]O[Si]O1. The molecule has 1 heterocycles. The fourth-order valence-corrected chi connectivity index (χ4v) is 4.49. The topological polar surface area (TPSA) is 27.7 Å². The van der Waals surface area contributed by atoms with Crippen LogP contribution in [0.3, 0.4) is 0 Å². The van der Waals surface area contributed by atoms with Crippen LogP contribution in [0, 0.1) is 0 Å². The average Bonchev–Trinajstić information content (AvgIpc) is 2.04. The highest BCUT2D eigenvalue weighted by Gasteiger charge is 2.29. The van der Waals surface area contributed by atoms with Gasteiger partial charge in [0.2, 0.25) is 0 Å². The summed E-state index contributed by atoms with van der Waals surface area (Å²) in [7, 11) is -1.61. The van der Waals surface area contributed by atoms with Crippen LogP contribution in [0.15, 0.2) is 0 Å². The van der Waals surface area contributed by atoms with E-state index in [0.29, 0.717) is 6.04 Å². The summed E-state index contributed by atoms with van der Waals surface area (Å²) in [6.45, 7) is 0. The number of hydrogen-bond acceptors (Lipinski definition) is 3. The minimum Gasteiger partial charge on any atom is -0.413 e. The Morgan fingerprint density at radius 1 is 1.15 bits per heavy atom. The van der Waals surface area contributed by atoms with E-state index < -0.39 is 21.9 Å². The molecule has 3 nitrogen and oxygen atoms in total. The van der Waals surface area contributed by atoms with Gasteiger partial charge in [-0.3, -0.25) is 0 Å². The molecule has 0 unspecified atom stereocenters. The monoisotopic (exact) mass is 243 g/mol. The molecule has 13 heavy (non-hydrogen) atoms. The first-order chi connectivity index (χ1) is 6.08. The lowest BCUT2D eigenvalue weighted by Crippen LogP contribution is -2.35. The van der Waals surface area contributed by atoms with Crippen LogP contribution in [0.4, 0.5) is 13.2 Å². The van der Waals surface area contributed by atoms with Crippen LogP contribution in [0.5, 0.6) is 0 Å². The molecule has 0 bridgehead atoms. The molecule has 0 spiro atoms. The number of alkyl halides is 3. The van der Waals surface area contributed by atoms with E-state index in [9.17, 15) is 13.2 Å². The van der Waals surface area contributed by atoms with Crippen LogP contribution >= 0.6 is 0 Å². The molecule has 5 radical (unpaired) electrons. The average molecular weight is 243 g/mol. The molecule has 73 valence electrons. The van der Waals surface area contributed by atoms with Gasteiger partial charge in [-0.25, -0.2) is 0 Å². The second-order valence-corrected chi connectivity index (χ2v) is 6.34. The van der Waals surface area contributed by atoms with E-state index in [1.807, 2.05) is 0 Å². The molecule has 9 heteroatoms. The predicted octanol–water partition coefficient (Wildman–Crippen LogP) is 0.949. The van der Waals surface area contributed by atoms with E-state index >= 15 is 0 Å². The smallest absolute Gasteiger partial charge is 0.412 e. The summed E-state index contributed by atoms with van der Waals surface area (Å²) < 4.78 is 50.0. The van der Waals surface area contributed by atoms with Gasteiger partial charge in [0.25, 0.3) is 0 Å². The molecule has 1 aliphatic heterocycles. The van der Waals surface area contributed by atoms with Crippen molar-refractivity contribution in [2.75, 3.05) is 0 Å². The first-order valence-corrected chi connectivity index (χ1v) is 6.66. The first-order valence-electron chi connectivity index (χ1n) is 3.50. The molecule has 0 aromatic carbocycles. The van der Waals surface area contributed by atoms with Crippen LogP contribution < -0.4 is 0 Å². The molecule has 0 aromatic rings. The Kier molecular flexibility index (Phi) is 4.61. The van der Waals surface area contributed by atoms with Crippen molar-refractivity contribution in [2.45, 2.75) is 25.1 Å². The van der Waals surface area contributed by atoms with Gasteiger partial charge in [0.15, 0.2) is 0 Å². The van der Waals surface area contributed by atoms with E-state index in [2.05, 4.69) is 0 Å². The molecule has 1 rings (SSSR count). The number of hydrogen-bond donors (Lipinski definition) is 0. The Morgan fingerprint density at radius 3 is 2.31 bits per heavy atom. The fraction of sp³-hybridized carbons (Fsp3) is 1.00. The summed E-state index contributed by atoms with van der Waals surface area (Å²) in [5, 5.41) is 0. The molecule has 0 atom stereocenters. The normalized spacial score (nSPS) is 20.5. The molecule has 1 fully saturated rings. The van der Waals surface area contributed by atoms with E-state index in [1.165, 1.54) is 0 Å². The van der Waals surface area contributed by atoms with Gasteiger partial charge in [-0.1, -0.05) is 0 Å². The van der Waals surface area contributed by atoms with Gasteiger partial charge in [-0.15, -0.1) is 0 Å². The quantitative estimate of drug-likeness (QED) is 0.691. The van der Waals surface area contributed by atoms with Gasteiger partial charge in [0.1, 0.15) is 0 Å². The molecular formula is C4H6F3O3Si3. The van der Waals surface area contributed by atoms with Crippen LogP contribution in [-0.2, 0) is 12.3 Å². The Hall–Kier alpha value is 0.321. The molecule has 0 saturated carbocycles. The van der Waals surface area contributed by atoms with Crippen molar-refractivity contribution < 1.29 is 25.5 Å². The lowest BCUT2D eigenvalue weighted by molar-refractivity contribution is -0.134. The molecule has 0 aliphatic carbocycles. The minimum absolute atomic E-state index is 0.0687. The van der Waals surface area contributed by atoms with Gasteiger partial charge < -0.3 is 12.3 Å². The van der Waals surface area contributed by atoms with Crippen molar-refractivity contribution in [1.29, 1.82) is 0 Å². The maximum Gasteiger partial charge on any atom is 0.412 e. The Labute approximate surface area is 80.5 Å². The van der Waals surface area contributed by atoms with Crippen LogP contribution in [-0.4, -0.2) is 35.5 Å². The Bertz CT molecular complexity index is 149. The highest BCUT2D eigenvalue weighted by molar-refractivity contribution is 6.61. The second kappa shape index (κ2) is 5.26. The fourth-order valence-electron chi connectivity index (χ4n) is 0.708. The molecule has 0 amide bonds.